The third-order valence-electron chi connectivity index (χ3n) is 2.71. The highest BCUT2D eigenvalue weighted by atomic mass is 35.5. The largest absolute Gasteiger partial charge is 0.435 e. The van der Waals surface area contributed by atoms with Crippen molar-refractivity contribution in [1.82, 2.24) is 9.78 Å². The first-order valence-corrected chi connectivity index (χ1v) is 5.88. The predicted molar refractivity (Wildman–Crippen MR) is 65.9 cm³/mol. The smallest absolute Gasteiger partial charge is 0.328 e. The number of benzene rings is 1. The van der Waals surface area contributed by atoms with Crippen molar-refractivity contribution >= 4 is 11.6 Å². The van der Waals surface area contributed by atoms with Crippen molar-refractivity contribution < 1.29 is 13.2 Å². The SMILES string of the molecule is NCC(c1ccccc1Cl)n1ccc(C(F)(F)F)n1. The number of hydrogen-bond acceptors (Lipinski definition) is 2. The summed E-state index contributed by atoms with van der Waals surface area (Å²) in [7, 11) is 0. The Morgan fingerprint density at radius 3 is 2.47 bits per heavy atom. The highest BCUT2D eigenvalue weighted by molar-refractivity contribution is 6.31. The van der Waals surface area contributed by atoms with Crippen LogP contribution in [-0.2, 0) is 6.18 Å². The van der Waals surface area contributed by atoms with Crippen molar-refractivity contribution in [3.05, 3.63) is 52.8 Å². The maximum Gasteiger partial charge on any atom is 0.435 e. The van der Waals surface area contributed by atoms with E-state index in [0.717, 1.165) is 6.07 Å². The van der Waals surface area contributed by atoms with Crippen LogP contribution in [0.2, 0.25) is 5.02 Å². The summed E-state index contributed by atoms with van der Waals surface area (Å²) in [5, 5.41) is 3.97. The highest BCUT2D eigenvalue weighted by Gasteiger charge is 2.34. The topological polar surface area (TPSA) is 43.8 Å². The molecule has 1 heterocycles. The minimum absolute atomic E-state index is 0.0999. The summed E-state index contributed by atoms with van der Waals surface area (Å²) in [6.07, 6.45) is -3.21. The Hall–Kier alpha value is -1.53. The molecule has 2 rings (SSSR count). The number of halogens is 4. The standard InChI is InChI=1S/C12H11ClF3N3/c13-9-4-2-1-3-8(9)10(7-17)19-6-5-11(18-19)12(14,15)16/h1-6,10H,7,17H2. The van der Waals surface area contributed by atoms with Gasteiger partial charge < -0.3 is 5.73 Å². The van der Waals surface area contributed by atoms with E-state index in [1.54, 1.807) is 24.3 Å². The van der Waals surface area contributed by atoms with E-state index >= 15 is 0 Å². The highest BCUT2D eigenvalue weighted by Crippen LogP contribution is 2.30. The Morgan fingerprint density at radius 1 is 1.26 bits per heavy atom. The lowest BCUT2D eigenvalue weighted by Gasteiger charge is -2.17. The van der Waals surface area contributed by atoms with Gasteiger partial charge in [-0.25, -0.2) is 0 Å². The average Bonchev–Trinajstić information content (AvgIpc) is 2.82. The molecule has 3 nitrogen and oxygen atoms in total. The molecule has 0 fully saturated rings. The van der Waals surface area contributed by atoms with Gasteiger partial charge in [0.2, 0.25) is 0 Å². The Labute approximate surface area is 112 Å². The second-order valence-electron chi connectivity index (χ2n) is 3.95. The first kappa shape index (κ1) is 13.9. The maximum atomic E-state index is 12.5. The molecule has 0 radical (unpaired) electrons. The molecule has 0 amide bonds. The van der Waals surface area contributed by atoms with Gasteiger partial charge in [0.25, 0.3) is 0 Å². The molecule has 0 aliphatic rings. The van der Waals surface area contributed by atoms with Crippen LogP contribution < -0.4 is 5.73 Å². The van der Waals surface area contributed by atoms with Crippen LogP contribution in [0.1, 0.15) is 17.3 Å². The maximum absolute atomic E-state index is 12.5. The third kappa shape index (κ3) is 2.90. The van der Waals surface area contributed by atoms with Crippen molar-refractivity contribution in [1.29, 1.82) is 0 Å². The lowest BCUT2D eigenvalue weighted by atomic mass is 10.1. The zero-order chi connectivity index (χ0) is 14.0. The normalized spacial score (nSPS) is 13.5. The molecule has 0 aliphatic heterocycles. The van der Waals surface area contributed by atoms with Crippen molar-refractivity contribution in [2.24, 2.45) is 5.73 Å². The van der Waals surface area contributed by atoms with Crippen molar-refractivity contribution in [2.75, 3.05) is 6.54 Å². The molecule has 1 unspecified atom stereocenters. The van der Waals surface area contributed by atoms with Gasteiger partial charge >= 0.3 is 6.18 Å². The van der Waals surface area contributed by atoms with Crippen LogP contribution in [-0.4, -0.2) is 16.3 Å². The monoisotopic (exact) mass is 289 g/mol. The summed E-state index contributed by atoms with van der Waals surface area (Å²) >= 11 is 6.03. The summed E-state index contributed by atoms with van der Waals surface area (Å²) in [4.78, 5) is 0. The van der Waals surface area contributed by atoms with Crippen molar-refractivity contribution in [2.45, 2.75) is 12.2 Å². The first-order valence-electron chi connectivity index (χ1n) is 5.50. The summed E-state index contributed by atoms with van der Waals surface area (Å²) in [6.45, 7) is 0.0999. The summed E-state index contributed by atoms with van der Waals surface area (Å²) < 4.78 is 38.7. The number of aromatic nitrogens is 2. The molecule has 0 aliphatic carbocycles. The number of hydrogen-bond donors (Lipinski definition) is 1. The Kier molecular flexibility index (Phi) is 3.82. The quantitative estimate of drug-likeness (QED) is 0.943. The molecule has 0 spiro atoms. The van der Waals surface area contributed by atoms with Gasteiger partial charge in [-0.15, -0.1) is 0 Å². The zero-order valence-corrected chi connectivity index (χ0v) is 10.5. The van der Waals surface area contributed by atoms with Crippen LogP contribution in [0.3, 0.4) is 0 Å². The molecule has 2 aromatic rings. The predicted octanol–water partition coefficient (Wildman–Crippen LogP) is 3.10. The molecular formula is C12H11ClF3N3. The van der Waals surface area contributed by atoms with E-state index in [1.165, 1.54) is 10.9 Å². The minimum Gasteiger partial charge on any atom is -0.328 e. The van der Waals surface area contributed by atoms with Crippen LogP contribution in [0.15, 0.2) is 36.5 Å². The molecule has 1 aromatic carbocycles. The second kappa shape index (κ2) is 5.22. The zero-order valence-electron chi connectivity index (χ0n) is 9.73. The molecule has 102 valence electrons. The van der Waals surface area contributed by atoms with Crippen LogP contribution in [0, 0.1) is 0 Å². The van der Waals surface area contributed by atoms with Gasteiger partial charge in [-0.05, 0) is 17.7 Å². The number of nitrogens with two attached hydrogens (primary N) is 1. The fraction of sp³-hybridized carbons (Fsp3) is 0.250. The van der Waals surface area contributed by atoms with Crippen LogP contribution in [0.25, 0.3) is 0 Å². The minimum atomic E-state index is -4.47. The van der Waals surface area contributed by atoms with Gasteiger partial charge in [-0.1, -0.05) is 29.8 Å². The van der Waals surface area contributed by atoms with Crippen molar-refractivity contribution in [3.63, 3.8) is 0 Å². The van der Waals surface area contributed by atoms with E-state index in [4.69, 9.17) is 17.3 Å². The van der Waals surface area contributed by atoms with E-state index in [2.05, 4.69) is 5.10 Å². The number of nitrogens with zero attached hydrogens (tertiary/aromatic N) is 2. The molecule has 7 heteroatoms. The first-order chi connectivity index (χ1) is 8.93. The fourth-order valence-corrected chi connectivity index (χ4v) is 2.05. The molecule has 0 bridgehead atoms. The Morgan fingerprint density at radius 2 is 1.95 bits per heavy atom. The molecular weight excluding hydrogens is 279 g/mol. The lowest BCUT2D eigenvalue weighted by molar-refractivity contribution is -0.141. The van der Waals surface area contributed by atoms with E-state index in [9.17, 15) is 13.2 Å². The van der Waals surface area contributed by atoms with Crippen LogP contribution in [0.4, 0.5) is 13.2 Å². The molecule has 1 aromatic heterocycles. The van der Waals surface area contributed by atoms with Gasteiger partial charge in [0.1, 0.15) is 0 Å². The summed E-state index contributed by atoms with van der Waals surface area (Å²) in [6, 6.07) is 7.26. The average molecular weight is 290 g/mol. The van der Waals surface area contributed by atoms with E-state index in [0.29, 0.717) is 10.6 Å². The Bertz CT molecular complexity index is 565. The molecule has 0 saturated heterocycles. The van der Waals surface area contributed by atoms with Gasteiger partial charge in [0, 0.05) is 17.8 Å². The molecule has 2 N–H and O–H groups in total. The molecule has 19 heavy (non-hydrogen) atoms. The third-order valence-corrected chi connectivity index (χ3v) is 3.05. The van der Waals surface area contributed by atoms with E-state index in [-0.39, 0.29) is 6.54 Å². The lowest BCUT2D eigenvalue weighted by Crippen LogP contribution is -2.22. The fourth-order valence-electron chi connectivity index (χ4n) is 1.79. The van der Waals surface area contributed by atoms with Gasteiger partial charge in [-0.2, -0.15) is 18.3 Å². The van der Waals surface area contributed by atoms with Crippen LogP contribution >= 0.6 is 11.6 Å². The van der Waals surface area contributed by atoms with Gasteiger partial charge in [0.05, 0.1) is 6.04 Å². The van der Waals surface area contributed by atoms with E-state index in [1.807, 2.05) is 0 Å². The van der Waals surface area contributed by atoms with Crippen molar-refractivity contribution in [3.8, 4) is 0 Å². The summed E-state index contributed by atoms with van der Waals surface area (Å²) in [5.41, 5.74) is 5.32. The molecule has 0 saturated carbocycles. The number of rotatable bonds is 3. The van der Waals surface area contributed by atoms with E-state index < -0.39 is 17.9 Å². The Balaban J connectivity index is 2.38. The molecule has 1 atom stereocenters. The van der Waals surface area contributed by atoms with Gasteiger partial charge in [-0.3, -0.25) is 4.68 Å². The van der Waals surface area contributed by atoms with Crippen LogP contribution in [0.5, 0.6) is 0 Å². The van der Waals surface area contributed by atoms with Gasteiger partial charge in [0.15, 0.2) is 5.69 Å². The number of alkyl halides is 3. The summed E-state index contributed by atoms with van der Waals surface area (Å²) in [5.74, 6) is 0. The second-order valence-corrected chi connectivity index (χ2v) is 4.36.